The van der Waals surface area contributed by atoms with Crippen LogP contribution >= 0.6 is 0 Å². The number of aliphatic carboxylic acids is 1. The van der Waals surface area contributed by atoms with Gasteiger partial charge in [0.15, 0.2) is 0 Å². The number of rotatable bonds is 9. The molecule has 0 aliphatic rings. The van der Waals surface area contributed by atoms with Gasteiger partial charge in [-0.05, 0) is 61.4 Å². The number of aryl methyl sites for hydroxylation is 1. The maximum absolute atomic E-state index is 13.6. The van der Waals surface area contributed by atoms with Gasteiger partial charge in [-0.1, -0.05) is 18.2 Å². The number of hydrogen-bond acceptors (Lipinski definition) is 6. The van der Waals surface area contributed by atoms with Crippen molar-refractivity contribution in [2.24, 2.45) is 0 Å². The number of ketones is 1. The standard InChI is InChI=1S/C25H22N2O6S/c1-2-33-19-10-11-23-21(15-19)18(9-12-24(28)29)16-27(23)34(31,32)20-7-5-6-17(14-20)25(30)22-8-3-4-13-26-22/h3-8,10-11,13-16H,2,9,12H2,1H3,(H,28,29). The highest BCUT2D eigenvalue weighted by Crippen LogP contribution is 2.30. The molecule has 0 amide bonds. The van der Waals surface area contributed by atoms with Gasteiger partial charge in [0.25, 0.3) is 10.0 Å². The Morgan fingerprint density at radius 1 is 1.06 bits per heavy atom. The van der Waals surface area contributed by atoms with Crippen molar-refractivity contribution in [2.75, 3.05) is 6.61 Å². The molecule has 1 N–H and O–H groups in total. The van der Waals surface area contributed by atoms with Crippen LogP contribution in [0, 0.1) is 0 Å². The van der Waals surface area contributed by atoms with E-state index in [0.717, 1.165) is 3.97 Å². The molecule has 0 fully saturated rings. The topological polar surface area (TPSA) is 116 Å². The van der Waals surface area contributed by atoms with Gasteiger partial charge >= 0.3 is 5.97 Å². The van der Waals surface area contributed by atoms with E-state index in [0.29, 0.717) is 28.8 Å². The van der Waals surface area contributed by atoms with Gasteiger partial charge in [0, 0.05) is 29.8 Å². The van der Waals surface area contributed by atoms with Crippen molar-refractivity contribution in [2.45, 2.75) is 24.7 Å². The van der Waals surface area contributed by atoms with E-state index in [-0.39, 0.29) is 29.0 Å². The monoisotopic (exact) mass is 478 g/mol. The Morgan fingerprint density at radius 3 is 2.59 bits per heavy atom. The first-order chi connectivity index (χ1) is 16.3. The fraction of sp³-hybridized carbons (Fsp3) is 0.160. The quantitative estimate of drug-likeness (QED) is 0.363. The highest BCUT2D eigenvalue weighted by atomic mass is 32.2. The van der Waals surface area contributed by atoms with Crippen LogP contribution in [0.2, 0.25) is 0 Å². The molecule has 0 unspecified atom stereocenters. The van der Waals surface area contributed by atoms with Crippen LogP contribution in [0.15, 0.2) is 78.0 Å². The molecule has 4 aromatic rings. The molecule has 8 nitrogen and oxygen atoms in total. The van der Waals surface area contributed by atoms with Crippen LogP contribution in [0.4, 0.5) is 0 Å². The molecule has 4 rings (SSSR count). The van der Waals surface area contributed by atoms with E-state index >= 15 is 0 Å². The van der Waals surface area contributed by atoms with E-state index in [1.807, 2.05) is 6.92 Å². The highest BCUT2D eigenvalue weighted by molar-refractivity contribution is 7.90. The molecule has 2 heterocycles. The lowest BCUT2D eigenvalue weighted by atomic mass is 10.1. The highest BCUT2D eigenvalue weighted by Gasteiger charge is 2.23. The second-order valence-corrected chi connectivity index (χ2v) is 9.35. The van der Waals surface area contributed by atoms with E-state index in [2.05, 4.69) is 4.98 Å². The molecule has 0 spiro atoms. The summed E-state index contributed by atoms with van der Waals surface area (Å²) in [5, 5.41) is 9.71. The molecule has 9 heteroatoms. The van der Waals surface area contributed by atoms with E-state index in [1.54, 1.807) is 36.4 Å². The Kier molecular flexibility index (Phi) is 6.47. The molecule has 2 aromatic heterocycles. The summed E-state index contributed by atoms with van der Waals surface area (Å²) in [5.74, 6) is -0.811. The van der Waals surface area contributed by atoms with Crippen LogP contribution in [0.25, 0.3) is 10.9 Å². The molecule has 2 aromatic carbocycles. The third-order valence-corrected chi connectivity index (χ3v) is 6.96. The van der Waals surface area contributed by atoms with Crippen molar-refractivity contribution in [1.29, 1.82) is 0 Å². The first kappa shape index (κ1) is 23.2. The molecule has 0 aliphatic carbocycles. The SMILES string of the molecule is CCOc1ccc2c(c1)c(CCC(=O)O)cn2S(=O)(=O)c1cccc(C(=O)c2ccccn2)c1. The van der Waals surface area contributed by atoms with Crippen LogP contribution in [-0.4, -0.2) is 40.8 Å². The molecular weight excluding hydrogens is 456 g/mol. The fourth-order valence-electron chi connectivity index (χ4n) is 3.70. The number of benzene rings is 2. The van der Waals surface area contributed by atoms with Crippen LogP contribution < -0.4 is 4.74 Å². The van der Waals surface area contributed by atoms with Crippen molar-refractivity contribution < 1.29 is 27.9 Å². The minimum atomic E-state index is -4.09. The van der Waals surface area contributed by atoms with Gasteiger partial charge in [0.2, 0.25) is 5.78 Å². The number of ether oxygens (including phenoxy) is 1. The summed E-state index contributed by atoms with van der Waals surface area (Å²) >= 11 is 0. The van der Waals surface area contributed by atoms with Crippen LogP contribution in [0.1, 0.15) is 35.0 Å². The van der Waals surface area contributed by atoms with Crippen LogP contribution in [0.5, 0.6) is 5.75 Å². The summed E-state index contributed by atoms with van der Waals surface area (Å²) in [6.07, 6.45) is 2.94. The van der Waals surface area contributed by atoms with E-state index < -0.39 is 21.8 Å². The van der Waals surface area contributed by atoms with Gasteiger partial charge in [-0.15, -0.1) is 0 Å². The first-order valence-corrected chi connectivity index (χ1v) is 12.0. The van der Waals surface area contributed by atoms with E-state index in [4.69, 9.17) is 9.84 Å². The minimum absolute atomic E-state index is 0.0650. The number of pyridine rings is 1. The summed E-state index contributed by atoms with van der Waals surface area (Å²) in [6.45, 7) is 2.27. The average Bonchev–Trinajstić information content (AvgIpc) is 3.22. The van der Waals surface area contributed by atoms with Gasteiger partial charge in [0.1, 0.15) is 11.4 Å². The summed E-state index contributed by atoms with van der Waals surface area (Å²) in [5.41, 5.74) is 1.37. The minimum Gasteiger partial charge on any atom is -0.494 e. The second-order valence-electron chi connectivity index (χ2n) is 7.53. The van der Waals surface area contributed by atoms with Crippen LogP contribution in [0.3, 0.4) is 0 Å². The van der Waals surface area contributed by atoms with Crippen molar-refractivity contribution >= 4 is 32.7 Å². The van der Waals surface area contributed by atoms with Gasteiger partial charge in [-0.25, -0.2) is 12.4 Å². The molecule has 0 atom stereocenters. The molecule has 0 bridgehead atoms. The number of aromatic nitrogens is 2. The summed E-state index contributed by atoms with van der Waals surface area (Å²) in [4.78, 5) is 27.9. The Hall–Kier alpha value is -3.98. The maximum Gasteiger partial charge on any atom is 0.303 e. The smallest absolute Gasteiger partial charge is 0.303 e. The predicted molar refractivity (Wildman–Crippen MR) is 126 cm³/mol. The van der Waals surface area contributed by atoms with Gasteiger partial charge in [0.05, 0.1) is 17.0 Å². The zero-order valence-electron chi connectivity index (χ0n) is 18.3. The third kappa shape index (κ3) is 4.55. The zero-order valence-corrected chi connectivity index (χ0v) is 19.2. The first-order valence-electron chi connectivity index (χ1n) is 10.6. The van der Waals surface area contributed by atoms with Crippen LogP contribution in [-0.2, 0) is 21.2 Å². The van der Waals surface area contributed by atoms with Gasteiger partial charge < -0.3 is 9.84 Å². The van der Waals surface area contributed by atoms with Gasteiger partial charge in [-0.2, -0.15) is 0 Å². The molecule has 0 saturated heterocycles. The Labute approximate surface area is 196 Å². The van der Waals surface area contributed by atoms with Gasteiger partial charge in [-0.3, -0.25) is 14.6 Å². The van der Waals surface area contributed by atoms with E-state index in [9.17, 15) is 18.0 Å². The lowest BCUT2D eigenvalue weighted by Crippen LogP contribution is -2.13. The number of fused-ring (bicyclic) bond motifs is 1. The average molecular weight is 479 g/mol. The van der Waals surface area contributed by atoms with Crippen molar-refractivity contribution in [3.8, 4) is 5.75 Å². The normalized spacial score (nSPS) is 11.4. The number of hydrogen-bond donors (Lipinski definition) is 1. The fourth-order valence-corrected chi connectivity index (χ4v) is 5.14. The number of carbonyl (C=O) groups excluding carboxylic acids is 1. The summed E-state index contributed by atoms with van der Waals surface area (Å²) < 4.78 is 33.9. The molecule has 34 heavy (non-hydrogen) atoms. The third-order valence-electron chi connectivity index (χ3n) is 5.29. The van der Waals surface area contributed by atoms with Crippen molar-refractivity contribution in [3.05, 3.63) is 89.9 Å². The Balaban J connectivity index is 1.80. The number of carboxylic acid groups (broad SMARTS) is 1. The molecule has 0 aliphatic heterocycles. The maximum atomic E-state index is 13.6. The predicted octanol–water partition coefficient (Wildman–Crippen LogP) is 3.92. The van der Waals surface area contributed by atoms with Crippen molar-refractivity contribution in [1.82, 2.24) is 8.96 Å². The number of nitrogens with zero attached hydrogens (tertiary/aromatic N) is 2. The summed E-state index contributed by atoms with van der Waals surface area (Å²) in [7, 11) is -4.09. The number of carboxylic acids is 1. The second kappa shape index (κ2) is 9.48. The Morgan fingerprint density at radius 2 is 1.88 bits per heavy atom. The molecule has 174 valence electrons. The van der Waals surface area contributed by atoms with Crippen molar-refractivity contribution in [3.63, 3.8) is 0 Å². The lowest BCUT2D eigenvalue weighted by Gasteiger charge is -2.10. The largest absolute Gasteiger partial charge is 0.494 e. The zero-order chi connectivity index (χ0) is 24.3. The number of carbonyl (C=O) groups is 2. The molecule has 0 radical (unpaired) electrons. The molecule has 0 saturated carbocycles. The Bertz CT molecular complexity index is 1480. The van der Waals surface area contributed by atoms with E-state index in [1.165, 1.54) is 36.7 Å². The molecular formula is C25H22N2O6S. The summed E-state index contributed by atoms with van der Waals surface area (Å²) in [6, 6.07) is 15.7. The lowest BCUT2D eigenvalue weighted by molar-refractivity contribution is -0.136.